The summed E-state index contributed by atoms with van der Waals surface area (Å²) in [4.78, 5) is 15.5. The molecule has 2 N–H and O–H groups in total. The van der Waals surface area contributed by atoms with Crippen molar-refractivity contribution in [3.05, 3.63) is 29.8 Å². The normalized spacial score (nSPS) is 23.2. The fraction of sp³-hybridized carbons (Fsp3) is 0.462. The zero-order valence-corrected chi connectivity index (χ0v) is 10.6. The SMILES string of the molecule is CN(C)c1ccc(C(=O)N2CC(O)C(O)C2)cc1. The van der Waals surface area contributed by atoms with E-state index in [1.807, 2.05) is 31.1 Å². The first-order chi connectivity index (χ1) is 8.49. The highest BCUT2D eigenvalue weighted by Crippen LogP contribution is 2.17. The van der Waals surface area contributed by atoms with Crippen molar-refractivity contribution < 1.29 is 15.0 Å². The number of anilines is 1. The maximum Gasteiger partial charge on any atom is 0.254 e. The minimum atomic E-state index is -0.838. The number of hydrogen-bond donors (Lipinski definition) is 2. The monoisotopic (exact) mass is 250 g/mol. The summed E-state index contributed by atoms with van der Waals surface area (Å²) in [7, 11) is 3.87. The van der Waals surface area contributed by atoms with E-state index in [4.69, 9.17) is 0 Å². The van der Waals surface area contributed by atoms with Crippen LogP contribution in [-0.2, 0) is 0 Å². The van der Waals surface area contributed by atoms with Gasteiger partial charge in [-0.1, -0.05) is 0 Å². The summed E-state index contributed by atoms with van der Waals surface area (Å²) in [6, 6.07) is 7.26. The molecule has 1 heterocycles. The van der Waals surface area contributed by atoms with Gasteiger partial charge in [-0.05, 0) is 24.3 Å². The van der Waals surface area contributed by atoms with Crippen LogP contribution in [0.2, 0.25) is 0 Å². The second kappa shape index (κ2) is 4.96. The molecular formula is C13H18N2O3. The lowest BCUT2D eigenvalue weighted by Gasteiger charge is -2.17. The molecule has 0 saturated carbocycles. The van der Waals surface area contributed by atoms with Crippen LogP contribution in [0.4, 0.5) is 5.69 Å². The first kappa shape index (κ1) is 12.9. The van der Waals surface area contributed by atoms with Gasteiger partial charge >= 0.3 is 0 Å². The van der Waals surface area contributed by atoms with Gasteiger partial charge in [-0.15, -0.1) is 0 Å². The number of nitrogens with zero attached hydrogens (tertiary/aromatic N) is 2. The Morgan fingerprint density at radius 1 is 1.17 bits per heavy atom. The van der Waals surface area contributed by atoms with E-state index in [1.54, 1.807) is 12.1 Å². The van der Waals surface area contributed by atoms with Crippen molar-refractivity contribution in [3.63, 3.8) is 0 Å². The molecule has 2 unspecified atom stereocenters. The van der Waals surface area contributed by atoms with Gasteiger partial charge in [0.05, 0.1) is 12.2 Å². The van der Waals surface area contributed by atoms with Gasteiger partial charge in [-0.3, -0.25) is 4.79 Å². The Morgan fingerprint density at radius 3 is 2.11 bits per heavy atom. The molecule has 0 spiro atoms. The molecule has 1 aromatic rings. The molecule has 1 aliphatic heterocycles. The molecule has 5 heteroatoms. The van der Waals surface area contributed by atoms with Crippen molar-refractivity contribution in [1.29, 1.82) is 0 Å². The number of aliphatic hydroxyl groups excluding tert-OH is 2. The molecule has 18 heavy (non-hydrogen) atoms. The third kappa shape index (κ3) is 2.47. The van der Waals surface area contributed by atoms with Crippen molar-refractivity contribution >= 4 is 11.6 Å². The molecule has 0 bridgehead atoms. The summed E-state index contributed by atoms with van der Waals surface area (Å²) in [5, 5.41) is 18.9. The van der Waals surface area contributed by atoms with E-state index in [9.17, 15) is 15.0 Å². The molecule has 0 aliphatic carbocycles. The Morgan fingerprint density at radius 2 is 1.67 bits per heavy atom. The van der Waals surface area contributed by atoms with E-state index >= 15 is 0 Å². The molecule has 1 amide bonds. The number of carbonyl (C=O) groups is 1. The fourth-order valence-electron chi connectivity index (χ4n) is 2.02. The second-order valence-corrected chi connectivity index (χ2v) is 4.79. The van der Waals surface area contributed by atoms with Crippen LogP contribution in [0.25, 0.3) is 0 Å². The number of amides is 1. The van der Waals surface area contributed by atoms with Crippen molar-refractivity contribution in [3.8, 4) is 0 Å². The van der Waals surface area contributed by atoms with Gasteiger partial charge in [-0.2, -0.15) is 0 Å². The summed E-state index contributed by atoms with van der Waals surface area (Å²) >= 11 is 0. The average molecular weight is 250 g/mol. The predicted octanol–water partition coefficient (Wildman–Crippen LogP) is -0.0698. The predicted molar refractivity (Wildman–Crippen MR) is 68.7 cm³/mol. The first-order valence-corrected chi connectivity index (χ1v) is 5.92. The van der Waals surface area contributed by atoms with Gasteiger partial charge < -0.3 is 20.0 Å². The summed E-state index contributed by atoms with van der Waals surface area (Å²) < 4.78 is 0. The van der Waals surface area contributed by atoms with E-state index in [1.165, 1.54) is 4.90 Å². The third-order valence-corrected chi connectivity index (χ3v) is 3.18. The molecule has 0 radical (unpaired) electrons. The second-order valence-electron chi connectivity index (χ2n) is 4.79. The summed E-state index contributed by atoms with van der Waals surface area (Å²) in [5.41, 5.74) is 1.59. The highest BCUT2D eigenvalue weighted by atomic mass is 16.3. The van der Waals surface area contributed by atoms with Crippen molar-refractivity contribution in [2.24, 2.45) is 0 Å². The molecule has 2 rings (SSSR count). The van der Waals surface area contributed by atoms with Crippen molar-refractivity contribution in [2.75, 3.05) is 32.1 Å². The Hall–Kier alpha value is -1.59. The molecule has 1 aromatic carbocycles. The van der Waals surface area contributed by atoms with E-state index in [-0.39, 0.29) is 19.0 Å². The third-order valence-electron chi connectivity index (χ3n) is 3.18. The lowest BCUT2D eigenvalue weighted by atomic mass is 10.2. The van der Waals surface area contributed by atoms with E-state index in [2.05, 4.69) is 0 Å². The molecule has 2 atom stereocenters. The van der Waals surface area contributed by atoms with Crippen LogP contribution in [-0.4, -0.2) is 60.4 Å². The highest BCUT2D eigenvalue weighted by molar-refractivity contribution is 5.94. The summed E-state index contributed by atoms with van der Waals surface area (Å²) in [5.74, 6) is -0.157. The molecule has 0 aromatic heterocycles. The van der Waals surface area contributed by atoms with Crippen LogP contribution in [0.1, 0.15) is 10.4 Å². The summed E-state index contributed by atoms with van der Waals surface area (Å²) in [6.07, 6.45) is -1.68. The number of hydrogen-bond acceptors (Lipinski definition) is 4. The Kier molecular flexibility index (Phi) is 3.54. The molecule has 1 aliphatic rings. The van der Waals surface area contributed by atoms with E-state index in [0.717, 1.165) is 5.69 Å². The van der Waals surface area contributed by atoms with Gasteiger partial charge in [0.2, 0.25) is 0 Å². The van der Waals surface area contributed by atoms with Crippen LogP contribution in [0.15, 0.2) is 24.3 Å². The maximum absolute atomic E-state index is 12.1. The standard InChI is InChI=1S/C13H18N2O3/c1-14(2)10-5-3-9(4-6-10)13(18)15-7-11(16)12(17)8-15/h3-6,11-12,16-17H,7-8H2,1-2H3. The quantitative estimate of drug-likeness (QED) is 0.771. The number of rotatable bonds is 2. The molecule has 98 valence electrons. The topological polar surface area (TPSA) is 64.0 Å². The van der Waals surface area contributed by atoms with Crippen LogP contribution >= 0.6 is 0 Å². The van der Waals surface area contributed by atoms with E-state index in [0.29, 0.717) is 5.56 Å². The van der Waals surface area contributed by atoms with E-state index < -0.39 is 12.2 Å². The van der Waals surface area contributed by atoms with Gasteiger partial charge in [-0.25, -0.2) is 0 Å². The Labute approximate surface area is 106 Å². The lowest BCUT2D eigenvalue weighted by molar-refractivity contribution is 0.0572. The molecule has 1 fully saturated rings. The molecular weight excluding hydrogens is 232 g/mol. The van der Waals surface area contributed by atoms with Crippen molar-refractivity contribution in [1.82, 2.24) is 4.90 Å². The molecule has 1 saturated heterocycles. The number of aliphatic hydroxyl groups is 2. The zero-order chi connectivity index (χ0) is 13.3. The maximum atomic E-state index is 12.1. The van der Waals surface area contributed by atoms with Crippen LogP contribution in [0.3, 0.4) is 0 Å². The van der Waals surface area contributed by atoms with Gasteiger partial charge in [0.1, 0.15) is 0 Å². The smallest absolute Gasteiger partial charge is 0.254 e. The lowest BCUT2D eigenvalue weighted by Crippen LogP contribution is -2.29. The van der Waals surface area contributed by atoms with Crippen LogP contribution in [0.5, 0.6) is 0 Å². The number of benzene rings is 1. The number of likely N-dealkylation sites (tertiary alicyclic amines) is 1. The minimum absolute atomic E-state index is 0.157. The number of carbonyl (C=O) groups excluding carboxylic acids is 1. The summed E-state index contributed by atoms with van der Waals surface area (Å²) in [6.45, 7) is 0.380. The Balaban J connectivity index is 2.10. The van der Waals surface area contributed by atoms with Crippen molar-refractivity contribution in [2.45, 2.75) is 12.2 Å². The fourth-order valence-corrected chi connectivity index (χ4v) is 2.02. The average Bonchev–Trinajstić information content (AvgIpc) is 2.69. The molecule has 5 nitrogen and oxygen atoms in total. The van der Waals surface area contributed by atoms with Crippen LogP contribution < -0.4 is 4.90 Å². The Bertz CT molecular complexity index is 420. The minimum Gasteiger partial charge on any atom is -0.388 e. The number of β-amino-alcohol motifs (C(OH)–C–C–N with tert-alkyl or cyclic N) is 2. The highest BCUT2D eigenvalue weighted by Gasteiger charge is 2.32. The zero-order valence-electron chi connectivity index (χ0n) is 10.6. The van der Waals surface area contributed by atoms with Gasteiger partial charge in [0.25, 0.3) is 5.91 Å². The first-order valence-electron chi connectivity index (χ1n) is 5.92. The van der Waals surface area contributed by atoms with Gasteiger partial charge in [0, 0.05) is 38.4 Å². The van der Waals surface area contributed by atoms with Gasteiger partial charge in [0.15, 0.2) is 0 Å². The largest absolute Gasteiger partial charge is 0.388 e. The van der Waals surface area contributed by atoms with Crippen LogP contribution in [0, 0.1) is 0 Å².